The van der Waals surface area contributed by atoms with Crippen molar-refractivity contribution in [1.29, 1.82) is 0 Å². The predicted molar refractivity (Wildman–Crippen MR) is 339 cm³/mol. The van der Waals surface area contributed by atoms with Gasteiger partial charge in [-0.2, -0.15) is 0 Å². The molecule has 0 spiro atoms. The summed E-state index contributed by atoms with van der Waals surface area (Å²) in [5.41, 5.74) is 21.9. The molecule has 15 nitrogen and oxygen atoms in total. The Bertz CT molecular complexity index is 2230. The lowest BCUT2D eigenvalue weighted by Crippen LogP contribution is -2.73. The van der Waals surface area contributed by atoms with Crippen LogP contribution in [0.5, 0.6) is 0 Å². The van der Waals surface area contributed by atoms with E-state index >= 15 is 0 Å². The van der Waals surface area contributed by atoms with Crippen molar-refractivity contribution in [2.75, 3.05) is 285 Å². The Morgan fingerprint density at radius 3 is 0.466 bits per heavy atom. The van der Waals surface area contributed by atoms with Crippen LogP contribution in [0.25, 0.3) is 0 Å². The van der Waals surface area contributed by atoms with E-state index in [-0.39, 0.29) is 5.92 Å². The van der Waals surface area contributed by atoms with E-state index in [4.69, 9.17) is 0 Å². The van der Waals surface area contributed by atoms with Crippen molar-refractivity contribution in [2.24, 2.45) is 5.92 Å². The number of anilines is 15. The lowest BCUT2D eigenvalue weighted by molar-refractivity contribution is 0.851. The summed E-state index contributed by atoms with van der Waals surface area (Å²) in [6, 6.07) is 0. The molecule has 0 saturated heterocycles. The topological polar surface area (TPSA) is 48.6 Å². The van der Waals surface area contributed by atoms with Crippen LogP contribution in [0.15, 0.2) is 21.9 Å². The van der Waals surface area contributed by atoms with Gasteiger partial charge in [-0.15, -0.1) is 0 Å². The summed E-state index contributed by atoms with van der Waals surface area (Å²) in [6.07, 6.45) is 0. The standard InChI is InChI=1S/C57H103N15Si/c1-35-36(2)38(4)54(37(35)3)73(55-48(67(23)24)42(61(11)12)39(58(5)6)43(62(13)14)49(55)68(25)26,56-50(69(27)28)44(63(15)16)40(59(7)8)45(64(17)18)51(56)70(29)30)57-52(71(31)32)46(65(19)20)41(60(9)10)47(66(21)22)53(57)72(33)34/h37H,1-34H3. The van der Waals surface area contributed by atoms with Crippen molar-refractivity contribution in [1.82, 2.24) is 0 Å². The van der Waals surface area contributed by atoms with E-state index in [9.17, 15) is 0 Å². The minimum atomic E-state index is -4.11. The first kappa shape index (κ1) is 59.9. The van der Waals surface area contributed by atoms with Crippen molar-refractivity contribution in [3.05, 3.63) is 21.9 Å². The molecule has 1 aliphatic rings. The van der Waals surface area contributed by atoms with Gasteiger partial charge in [0.1, 0.15) is 0 Å². The third-order valence-corrected chi connectivity index (χ3v) is 20.3. The highest BCUT2D eigenvalue weighted by molar-refractivity contribution is 7.20. The van der Waals surface area contributed by atoms with Crippen molar-refractivity contribution >= 4 is 109 Å². The Morgan fingerprint density at radius 1 is 0.219 bits per heavy atom. The molecule has 0 amide bonds. The molecule has 0 radical (unpaired) electrons. The van der Waals surface area contributed by atoms with E-state index in [1.54, 1.807) is 0 Å². The normalized spacial score (nSPS) is 13.6. The van der Waals surface area contributed by atoms with Crippen LogP contribution in [0.2, 0.25) is 0 Å². The maximum absolute atomic E-state index is 4.11. The van der Waals surface area contributed by atoms with Gasteiger partial charge in [0.05, 0.1) is 85.3 Å². The molecule has 1 aliphatic carbocycles. The molecule has 0 fully saturated rings. The molecule has 73 heavy (non-hydrogen) atoms. The third-order valence-electron chi connectivity index (χ3n) is 15.0. The molecular formula is C57H103N15Si. The van der Waals surface area contributed by atoms with Crippen molar-refractivity contribution < 1.29 is 0 Å². The van der Waals surface area contributed by atoms with Crippen LogP contribution < -0.4 is 89.1 Å². The maximum atomic E-state index is 2.52. The van der Waals surface area contributed by atoms with Crippen LogP contribution in [-0.4, -0.2) is 220 Å². The molecule has 1 atom stereocenters. The molecule has 410 valence electrons. The van der Waals surface area contributed by atoms with Crippen LogP contribution in [-0.2, 0) is 0 Å². The zero-order chi connectivity index (χ0) is 56.4. The molecule has 16 heteroatoms. The molecule has 0 heterocycles. The van der Waals surface area contributed by atoms with Gasteiger partial charge in [-0.25, -0.2) is 0 Å². The first-order valence-corrected chi connectivity index (χ1v) is 27.7. The highest BCUT2D eigenvalue weighted by Gasteiger charge is 2.59. The molecular weight excluding hydrogens is 923 g/mol. The smallest absolute Gasteiger partial charge is 0.191 e. The van der Waals surface area contributed by atoms with E-state index in [1.165, 1.54) is 123 Å². The van der Waals surface area contributed by atoms with Gasteiger partial charge in [-0.1, -0.05) is 23.3 Å². The molecule has 3 aromatic rings. The summed E-state index contributed by atoms with van der Waals surface area (Å²) in [7, 11) is 63.4. The van der Waals surface area contributed by atoms with Crippen LogP contribution in [0.1, 0.15) is 27.7 Å². The number of allylic oxidation sites excluding steroid dienone is 4. The molecule has 4 rings (SSSR count). The average molecular weight is 1030 g/mol. The van der Waals surface area contributed by atoms with Crippen LogP contribution >= 0.6 is 0 Å². The van der Waals surface area contributed by atoms with E-state index in [1.807, 2.05) is 0 Å². The number of hydrogen-bond acceptors (Lipinski definition) is 15. The van der Waals surface area contributed by atoms with Gasteiger partial charge in [0.25, 0.3) is 0 Å². The van der Waals surface area contributed by atoms with Gasteiger partial charge in [-0.05, 0) is 32.3 Å². The zero-order valence-electron chi connectivity index (χ0n) is 52.8. The fourth-order valence-electron chi connectivity index (χ4n) is 12.3. The van der Waals surface area contributed by atoms with Gasteiger partial charge in [0.2, 0.25) is 0 Å². The Balaban J connectivity index is 3.22. The minimum absolute atomic E-state index is 0.0594. The Hall–Kier alpha value is -5.64. The summed E-state index contributed by atoms with van der Waals surface area (Å²) >= 11 is 0. The monoisotopic (exact) mass is 1030 g/mol. The average Bonchev–Trinajstić information content (AvgIpc) is 3.44. The van der Waals surface area contributed by atoms with Crippen LogP contribution in [0.4, 0.5) is 85.3 Å². The second-order valence-electron chi connectivity index (χ2n) is 23.6. The first-order valence-electron chi connectivity index (χ1n) is 25.7. The lowest BCUT2D eigenvalue weighted by atomic mass is 10.0. The van der Waals surface area contributed by atoms with E-state index < -0.39 is 8.07 Å². The highest BCUT2D eigenvalue weighted by atomic mass is 28.3. The highest BCUT2D eigenvalue weighted by Crippen LogP contribution is 2.58. The molecule has 0 saturated carbocycles. The summed E-state index contributed by atoms with van der Waals surface area (Å²) in [6.45, 7) is 9.75. The van der Waals surface area contributed by atoms with Crippen molar-refractivity contribution in [3.63, 3.8) is 0 Å². The van der Waals surface area contributed by atoms with E-state index in [2.05, 4.69) is 313 Å². The Morgan fingerprint density at radius 2 is 0.356 bits per heavy atom. The number of rotatable bonds is 19. The number of benzene rings is 3. The van der Waals surface area contributed by atoms with Crippen LogP contribution in [0.3, 0.4) is 0 Å². The van der Waals surface area contributed by atoms with E-state index in [0.717, 1.165) is 0 Å². The maximum Gasteiger partial charge on any atom is 0.191 e. The molecule has 3 aromatic carbocycles. The summed E-state index contributed by atoms with van der Waals surface area (Å²) in [5, 5.41) is 5.54. The second-order valence-corrected chi connectivity index (χ2v) is 27.1. The largest absolute Gasteiger partial charge is 0.376 e. The van der Waals surface area contributed by atoms with Crippen molar-refractivity contribution in [2.45, 2.75) is 27.7 Å². The molecule has 0 N–H and O–H groups in total. The molecule has 0 aliphatic heterocycles. The lowest BCUT2D eigenvalue weighted by Gasteiger charge is -2.51. The Kier molecular flexibility index (Phi) is 17.8. The summed E-state index contributed by atoms with van der Waals surface area (Å²) < 4.78 is 0. The zero-order valence-corrected chi connectivity index (χ0v) is 53.8. The van der Waals surface area contributed by atoms with Gasteiger partial charge < -0.3 is 73.5 Å². The van der Waals surface area contributed by atoms with Gasteiger partial charge in [0, 0.05) is 227 Å². The number of nitrogens with zero attached hydrogens (tertiary/aromatic N) is 15. The van der Waals surface area contributed by atoms with Gasteiger partial charge >= 0.3 is 0 Å². The van der Waals surface area contributed by atoms with Gasteiger partial charge in [0.15, 0.2) is 8.07 Å². The fourth-order valence-corrected chi connectivity index (χ4v) is 19.7. The quantitative estimate of drug-likeness (QED) is 0.104. The third kappa shape index (κ3) is 9.47. The molecule has 1 unspecified atom stereocenters. The van der Waals surface area contributed by atoms with Gasteiger partial charge in [-0.3, -0.25) is 0 Å². The minimum Gasteiger partial charge on any atom is -0.376 e. The fraction of sp³-hybridized carbons (Fsp3) is 0.614. The molecule has 0 bridgehead atoms. The van der Waals surface area contributed by atoms with Crippen LogP contribution in [0, 0.1) is 5.92 Å². The second kappa shape index (κ2) is 21.7. The SMILES string of the molecule is CC1=C(C)C(C)C([Si](c2c(N(C)C)c(N(C)C)c(N(C)C)c(N(C)C)c2N(C)C)(c2c(N(C)C)c(N(C)C)c(N(C)C)c(N(C)C)c2N(C)C)c2c(N(C)C)c(N(C)C)c(N(C)C)c(N(C)C)c2N(C)C)=C1C. The predicted octanol–water partition coefficient (Wildman–Crippen LogP) is 5.99. The van der Waals surface area contributed by atoms with Crippen molar-refractivity contribution in [3.8, 4) is 0 Å². The number of hydrogen-bond donors (Lipinski definition) is 0. The molecule has 0 aromatic heterocycles. The summed E-state index contributed by atoms with van der Waals surface area (Å²) in [4.78, 5) is 36.0. The Labute approximate surface area is 447 Å². The van der Waals surface area contributed by atoms with E-state index in [0.29, 0.717) is 0 Å². The first-order chi connectivity index (χ1) is 33.5. The summed E-state index contributed by atoms with van der Waals surface area (Å²) in [5.74, 6) is 0.0594.